The minimum absolute atomic E-state index is 0.121. The van der Waals surface area contributed by atoms with Crippen molar-refractivity contribution in [3.63, 3.8) is 0 Å². The normalized spacial score (nSPS) is 11.1. The quantitative estimate of drug-likeness (QED) is 0.618. The lowest BCUT2D eigenvalue weighted by Crippen LogP contribution is -2.24. The number of nitro benzene ring substituents is 2. The zero-order chi connectivity index (χ0) is 17.0. The van der Waals surface area contributed by atoms with Crippen LogP contribution in [0.3, 0.4) is 0 Å². The first-order chi connectivity index (χ1) is 10.8. The Labute approximate surface area is 130 Å². The van der Waals surface area contributed by atoms with Crippen molar-refractivity contribution in [2.24, 2.45) is 0 Å². The van der Waals surface area contributed by atoms with Crippen LogP contribution >= 0.6 is 0 Å². The summed E-state index contributed by atoms with van der Waals surface area (Å²) in [5, 5.41) is 21.7. The van der Waals surface area contributed by atoms with Gasteiger partial charge in [-0.15, -0.1) is 0 Å². The Hall–Kier alpha value is -2.92. The molecule has 0 aliphatic rings. The van der Waals surface area contributed by atoms with E-state index in [0.717, 1.165) is 12.1 Å². The molecular weight excluding hydrogens is 328 g/mol. The highest BCUT2D eigenvalue weighted by atomic mass is 32.2. The summed E-state index contributed by atoms with van der Waals surface area (Å²) < 4.78 is 26.6. The number of nitrogens with zero attached hydrogens (tertiary/aromatic N) is 3. The van der Waals surface area contributed by atoms with E-state index in [4.69, 9.17) is 0 Å². The number of nitro groups is 2. The van der Waals surface area contributed by atoms with Crippen LogP contribution in [0.1, 0.15) is 5.56 Å². The van der Waals surface area contributed by atoms with E-state index in [0.29, 0.717) is 11.6 Å². The van der Waals surface area contributed by atoms with Crippen molar-refractivity contribution in [2.75, 3.05) is 0 Å². The second kappa shape index (κ2) is 6.46. The van der Waals surface area contributed by atoms with Gasteiger partial charge in [0.25, 0.3) is 11.4 Å². The zero-order valence-electron chi connectivity index (χ0n) is 11.4. The van der Waals surface area contributed by atoms with Crippen LogP contribution in [0.15, 0.2) is 47.6 Å². The van der Waals surface area contributed by atoms with Gasteiger partial charge < -0.3 is 0 Å². The monoisotopic (exact) mass is 338 g/mol. The standard InChI is InChI=1S/C12H10N4O6S/c17-15(18)10-3-4-12(11(6-10)16(19)20)23(21,22)14-8-9-2-1-5-13-7-9/h1-7,14H,8H2. The van der Waals surface area contributed by atoms with Crippen molar-refractivity contribution in [3.05, 3.63) is 68.5 Å². The van der Waals surface area contributed by atoms with E-state index in [9.17, 15) is 28.6 Å². The molecule has 0 atom stereocenters. The van der Waals surface area contributed by atoms with E-state index >= 15 is 0 Å². The fourth-order valence-electron chi connectivity index (χ4n) is 1.75. The van der Waals surface area contributed by atoms with Gasteiger partial charge in [0, 0.05) is 25.0 Å². The number of rotatable bonds is 6. The van der Waals surface area contributed by atoms with Crippen LogP contribution in [0.25, 0.3) is 0 Å². The summed E-state index contributed by atoms with van der Waals surface area (Å²) in [6.45, 7) is -0.121. The maximum absolute atomic E-state index is 12.2. The topological polar surface area (TPSA) is 145 Å². The summed E-state index contributed by atoms with van der Waals surface area (Å²) in [4.78, 5) is 23.0. The number of non-ortho nitro benzene ring substituents is 1. The summed E-state index contributed by atoms with van der Waals surface area (Å²) in [6, 6.07) is 5.57. The van der Waals surface area contributed by atoms with E-state index in [1.807, 2.05) is 0 Å². The molecule has 0 aliphatic heterocycles. The Kier molecular flexibility index (Phi) is 4.62. The van der Waals surface area contributed by atoms with Crippen molar-refractivity contribution >= 4 is 21.4 Å². The highest BCUT2D eigenvalue weighted by Crippen LogP contribution is 2.28. The molecule has 1 aromatic heterocycles. The molecule has 2 rings (SSSR count). The van der Waals surface area contributed by atoms with Gasteiger partial charge >= 0.3 is 0 Å². The van der Waals surface area contributed by atoms with Gasteiger partial charge in [-0.25, -0.2) is 13.1 Å². The first-order valence-electron chi connectivity index (χ1n) is 6.12. The molecule has 0 unspecified atom stereocenters. The van der Waals surface area contributed by atoms with Crippen molar-refractivity contribution in [1.82, 2.24) is 9.71 Å². The number of pyridine rings is 1. The smallest absolute Gasteiger partial charge is 0.264 e. The third-order valence-electron chi connectivity index (χ3n) is 2.83. The summed E-state index contributed by atoms with van der Waals surface area (Å²) in [7, 11) is -4.22. The van der Waals surface area contributed by atoms with Gasteiger partial charge in [0.2, 0.25) is 10.0 Å². The fourth-order valence-corrected chi connectivity index (χ4v) is 2.92. The molecule has 1 aromatic carbocycles. The van der Waals surface area contributed by atoms with Gasteiger partial charge in [0.05, 0.1) is 15.9 Å². The Balaban J connectivity index is 2.35. The molecule has 0 radical (unpaired) electrons. The number of nitrogens with one attached hydrogen (secondary N) is 1. The van der Waals surface area contributed by atoms with Gasteiger partial charge in [-0.1, -0.05) is 6.07 Å². The molecule has 1 heterocycles. The Morgan fingerprint density at radius 3 is 2.43 bits per heavy atom. The molecule has 0 aliphatic carbocycles. The van der Waals surface area contributed by atoms with Gasteiger partial charge in [-0.05, 0) is 17.7 Å². The maximum Gasteiger partial charge on any atom is 0.296 e. The molecule has 120 valence electrons. The van der Waals surface area contributed by atoms with Crippen molar-refractivity contribution in [3.8, 4) is 0 Å². The van der Waals surface area contributed by atoms with E-state index in [1.54, 1.807) is 12.1 Å². The van der Waals surface area contributed by atoms with Crippen LogP contribution < -0.4 is 4.72 Å². The highest BCUT2D eigenvalue weighted by Gasteiger charge is 2.28. The van der Waals surface area contributed by atoms with Crippen LogP contribution in [0.5, 0.6) is 0 Å². The summed E-state index contributed by atoms with van der Waals surface area (Å²) in [5.41, 5.74) is -0.874. The molecule has 2 aromatic rings. The number of hydrogen-bond donors (Lipinski definition) is 1. The Morgan fingerprint density at radius 1 is 1.13 bits per heavy atom. The predicted molar refractivity (Wildman–Crippen MR) is 78.0 cm³/mol. The molecule has 0 amide bonds. The number of aromatic nitrogens is 1. The highest BCUT2D eigenvalue weighted by molar-refractivity contribution is 7.89. The van der Waals surface area contributed by atoms with Crippen LogP contribution in [0, 0.1) is 20.2 Å². The molecule has 1 N–H and O–H groups in total. The second-order valence-corrected chi connectivity index (χ2v) is 6.09. The summed E-state index contributed by atoms with van der Waals surface area (Å²) in [5.74, 6) is 0. The van der Waals surface area contributed by atoms with Crippen molar-refractivity contribution in [1.29, 1.82) is 0 Å². The molecule has 0 bridgehead atoms. The SMILES string of the molecule is O=[N+]([O-])c1ccc(S(=O)(=O)NCc2cccnc2)c([N+](=O)[O-])c1. The zero-order valence-corrected chi connectivity index (χ0v) is 12.3. The third-order valence-corrected chi connectivity index (χ3v) is 4.28. The molecule has 0 saturated carbocycles. The molecule has 10 nitrogen and oxygen atoms in total. The lowest BCUT2D eigenvalue weighted by atomic mass is 10.3. The first-order valence-corrected chi connectivity index (χ1v) is 7.61. The molecule has 0 saturated heterocycles. The summed E-state index contributed by atoms with van der Waals surface area (Å²) >= 11 is 0. The Morgan fingerprint density at radius 2 is 1.87 bits per heavy atom. The number of benzene rings is 1. The molecule has 0 spiro atoms. The van der Waals surface area contributed by atoms with Crippen LogP contribution in [0.4, 0.5) is 11.4 Å². The first kappa shape index (κ1) is 16.5. The van der Waals surface area contributed by atoms with E-state index in [-0.39, 0.29) is 6.54 Å². The second-order valence-electron chi connectivity index (χ2n) is 4.35. The lowest BCUT2D eigenvalue weighted by molar-refractivity contribution is -0.396. The number of sulfonamides is 1. The molecule has 11 heteroatoms. The predicted octanol–water partition coefficient (Wildman–Crippen LogP) is 1.38. The molecular formula is C12H10N4O6S. The van der Waals surface area contributed by atoms with E-state index in [1.165, 1.54) is 12.4 Å². The van der Waals surface area contributed by atoms with E-state index < -0.39 is 36.1 Å². The largest absolute Gasteiger partial charge is 0.296 e. The van der Waals surface area contributed by atoms with Gasteiger partial charge in [-0.2, -0.15) is 0 Å². The molecule has 0 fully saturated rings. The lowest BCUT2D eigenvalue weighted by Gasteiger charge is -2.07. The molecule has 23 heavy (non-hydrogen) atoms. The van der Waals surface area contributed by atoms with Crippen LogP contribution in [-0.2, 0) is 16.6 Å². The van der Waals surface area contributed by atoms with Gasteiger partial charge in [-0.3, -0.25) is 25.2 Å². The van der Waals surface area contributed by atoms with Crippen molar-refractivity contribution < 1.29 is 18.3 Å². The average Bonchev–Trinajstić information content (AvgIpc) is 2.53. The third kappa shape index (κ3) is 3.84. The van der Waals surface area contributed by atoms with Crippen molar-refractivity contribution in [2.45, 2.75) is 11.4 Å². The minimum atomic E-state index is -4.22. The average molecular weight is 338 g/mol. The van der Waals surface area contributed by atoms with Crippen LogP contribution in [-0.4, -0.2) is 23.2 Å². The van der Waals surface area contributed by atoms with Gasteiger partial charge in [0.15, 0.2) is 4.90 Å². The fraction of sp³-hybridized carbons (Fsp3) is 0.0833. The Bertz CT molecular complexity index is 853. The van der Waals surface area contributed by atoms with E-state index in [2.05, 4.69) is 9.71 Å². The summed E-state index contributed by atoms with van der Waals surface area (Å²) in [6.07, 6.45) is 2.95. The van der Waals surface area contributed by atoms with Gasteiger partial charge in [0.1, 0.15) is 0 Å². The maximum atomic E-state index is 12.2. The minimum Gasteiger partial charge on any atom is -0.264 e. The number of hydrogen-bond acceptors (Lipinski definition) is 7. The van der Waals surface area contributed by atoms with Crippen LogP contribution in [0.2, 0.25) is 0 Å².